The minimum Gasteiger partial charge on any atom is -0.476 e. The number of hydrogen-bond acceptors (Lipinski definition) is 6. The summed E-state index contributed by atoms with van der Waals surface area (Å²) in [6.45, 7) is 11.9. The summed E-state index contributed by atoms with van der Waals surface area (Å²) in [5.41, 5.74) is 0.806. The van der Waals surface area contributed by atoms with Gasteiger partial charge in [-0.2, -0.15) is 0 Å². The minimum absolute atomic E-state index is 0.0640. The Kier molecular flexibility index (Phi) is 7.05. The third kappa shape index (κ3) is 4.62. The van der Waals surface area contributed by atoms with E-state index in [9.17, 15) is 4.79 Å². The van der Waals surface area contributed by atoms with Crippen LogP contribution in [0.15, 0.2) is 24.0 Å². The van der Waals surface area contributed by atoms with Crippen molar-refractivity contribution in [1.82, 2.24) is 29.9 Å². The molecule has 0 aliphatic heterocycles. The molecule has 1 N–H and O–H groups in total. The fraction of sp³-hybridized carbons (Fsp3) is 0.500. The molecule has 1 amide bonds. The first-order chi connectivity index (χ1) is 12.1. The first-order valence-corrected chi connectivity index (χ1v) is 9.27. The topological polar surface area (TPSA) is 86.9 Å². The molecule has 9 heteroatoms. The number of ether oxygens (including phenoxy) is 1. The molecule has 0 fully saturated rings. The highest BCUT2D eigenvalue weighted by Gasteiger charge is 2.20. The molecule has 0 atom stereocenters. The van der Waals surface area contributed by atoms with Crippen molar-refractivity contribution in [3.05, 3.63) is 18.9 Å². The number of rotatable bonds is 10. The van der Waals surface area contributed by atoms with E-state index in [1.807, 2.05) is 36.2 Å². The van der Waals surface area contributed by atoms with Crippen LogP contribution < -0.4 is 10.1 Å². The lowest BCUT2D eigenvalue weighted by Crippen LogP contribution is -2.25. The maximum Gasteiger partial charge on any atom is 0.243 e. The molecule has 2 rings (SSSR count). The Balaban J connectivity index is 2.23. The van der Waals surface area contributed by atoms with Crippen LogP contribution in [0, 0.1) is 0 Å². The standard InChI is InChI=1S/C16H24N6O2S/c1-5-9-17-13(23)11-25-16-19-18-14(22(16)7-3)12-10-21(6-2)20-15(12)24-8-4/h5,10H,1,6-9,11H2,2-4H3,(H,17,23). The summed E-state index contributed by atoms with van der Waals surface area (Å²) in [6, 6.07) is 0. The third-order valence-electron chi connectivity index (χ3n) is 3.38. The minimum atomic E-state index is -0.0640. The van der Waals surface area contributed by atoms with Gasteiger partial charge in [0.1, 0.15) is 5.56 Å². The van der Waals surface area contributed by atoms with Gasteiger partial charge < -0.3 is 14.6 Å². The number of carbonyl (C=O) groups is 1. The fourth-order valence-electron chi connectivity index (χ4n) is 2.21. The second kappa shape index (κ2) is 9.26. The number of thioether (sulfide) groups is 1. The first kappa shape index (κ1) is 19.0. The number of carbonyl (C=O) groups excluding carboxylic acids is 1. The Labute approximate surface area is 151 Å². The molecule has 0 saturated heterocycles. The van der Waals surface area contributed by atoms with Crippen molar-refractivity contribution in [3.63, 3.8) is 0 Å². The van der Waals surface area contributed by atoms with E-state index < -0.39 is 0 Å². The Hall–Kier alpha value is -2.29. The van der Waals surface area contributed by atoms with Gasteiger partial charge in [0.2, 0.25) is 11.8 Å². The van der Waals surface area contributed by atoms with Crippen LogP contribution in [0.5, 0.6) is 5.88 Å². The third-order valence-corrected chi connectivity index (χ3v) is 4.35. The summed E-state index contributed by atoms with van der Waals surface area (Å²) in [5.74, 6) is 1.45. The molecule has 8 nitrogen and oxygen atoms in total. The molecule has 0 aromatic carbocycles. The molecule has 0 radical (unpaired) electrons. The second-order valence-corrected chi connectivity index (χ2v) is 6.01. The van der Waals surface area contributed by atoms with Crippen LogP contribution in [0.4, 0.5) is 0 Å². The molecule has 2 heterocycles. The van der Waals surface area contributed by atoms with Gasteiger partial charge in [-0.1, -0.05) is 17.8 Å². The number of hydrogen-bond donors (Lipinski definition) is 1. The van der Waals surface area contributed by atoms with E-state index in [1.165, 1.54) is 11.8 Å². The molecule has 2 aromatic rings. The molecule has 25 heavy (non-hydrogen) atoms. The van der Waals surface area contributed by atoms with Crippen molar-refractivity contribution in [2.24, 2.45) is 0 Å². The second-order valence-electron chi connectivity index (χ2n) is 5.07. The van der Waals surface area contributed by atoms with Gasteiger partial charge in [0.05, 0.1) is 12.4 Å². The SMILES string of the molecule is C=CCNC(=O)CSc1nnc(-c2cn(CC)nc2OCC)n1CC. The van der Waals surface area contributed by atoms with Crippen molar-refractivity contribution in [2.75, 3.05) is 18.9 Å². The fourth-order valence-corrected chi connectivity index (χ4v) is 3.04. The van der Waals surface area contributed by atoms with Crippen molar-refractivity contribution in [3.8, 4) is 17.3 Å². The molecule has 0 bridgehead atoms. The molecular weight excluding hydrogens is 340 g/mol. The van der Waals surface area contributed by atoms with Crippen LogP contribution in [0.25, 0.3) is 11.4 Å². The molecule has 2 aromatic heterocycles. The van der Waals surface area contributed by atoms with E-state index in [4.69, 9.17) is 4.74 Å². The lowest BCUT2D eigenvalue weighted by molar-refractivity contribution is -0.118. The zero-order chi connectivity index (χ0) is 18.2. The van der Waals surface area contributed by atoms with Crippen LogP contribution in [-0.2, 0) is 17.9 Å². The van der Waals surface area contributed by atoms with Gasteiger partial charge in [0.15, 0.2) is 11.0 Å². The van der Waals surface area contributed by atoms with Crippen LogP contribution in [0.3, 0.4) is 0 Å². The lowest BCUT2D eigenvalue weighted by atomic mass is 10.3. The summed E-state index contributed by atoms with van der Waals surface area (Å²) in [7, 11) is 0. The van der Waals surface area contributed by atoms with Crippen molar-refractivity contribution in [2.45, 2.75) is 39.0 Å². The van der Waals surface area contributed by atoms with E-state index in [0.29, 0.717) is 36.6 Å². The zero-order valence-electron chi connectivity index (χ0n) is 14.9. The zero-order valence-corrected chi connectivity index (χ0v) is 15.7. The molecule has 0 spiro atoms. The average molecular weight is 364 g/mol. The highest BCUT2D eigenvalue weighted by molar-refractivity contribution is 7.99. The number of nitrogens with one attached hydrogen (secondary N) is 1. The van der Waals surface area contributed by atoms with Crippen molar-refractivity contribution >= 4 is 17.7 Å². The predicted octanol–water partition coefficient (Wildman–Crippen LogP) is 1.97. The van der Waals surface area contributed by atoms with Gasteiger partial charge in [-0.15, -0.1) is 21.9 Å². The number of aromatic nitrogens is 5. The van der Waals surface area contributed by atoms with Crippen LogP contribution in [0.2, 0.25) is 0 Å². The van der Waals surface area contributed by atoms with Crippen LogP contribution in [0.1, 0.15) is 20.8 Å². The molecule has 136 valence electrons. The van der Waals surface area contributed by atoms with Crippen molar-refractivity contribution < 1.29 is 9.53 Å². The molecule has 0 unspecified atom stereocenters. The Bertz CT molecular complexity index is 724. The van der Waals surface area contributed by atoms with Crippen LogP contribution >= 0.6 is 11.8 Å². The summed E-state index contributed by atoms with van der Waals surface area (Å²) in [5, 5.41) is 16.4. The van der Waals surface area contributed by atoms with Gasteiger partial charge in [0.25, 0.3) is 0 Å². The summed E-state index contributed by atoms with van der Waals surface area (Å²) >= 11 is 1.35. The van der Waals surface area contributed by atoms with Gasteiger partial charge in [-0.05, 0) is 20.8 Å². The van der Waals surface area contributed by atoms with Gasteiger partial charge in [-0.25, -0.2) is 0 Å². The predicted molar refractivity (Wildman–Crippen MR) is 97.7 cm³/mol. The van der Waals surface area contributed by atoms with Crippen molar-refractivity contribution in [1.29, 1.82) is 0 Å². The van der Waals surface area contributed by atoms with Crippen LogP contribution in [-0.4, -0.2) is 49.4 Å². The molecule has 0 aliphatic carbocycles. The highest BCUT2D eigenvalue weighted by atomic mass is 32.2. The number of aryl methyl sites for hydroxylation is 1. The summed E-state index contributed by atoms with van der Waals surface area (Å²) in [4.78, 5) is 11.8. The first-order valence-electron chi connectivity index (χ1n) is 8.28. The average Bonchev–Trinajstić information content (AvgIpc) is 3.21. The number of nitrogens with zero attached hydrogens (tertiary/aromatic N) is 5. The smallest absolute Gasteiger partial charge is 0.243 e. The van der Waals surface area contributed by atoms with E-state index in [1.54, 1.807) is 6.08 Å². The van der Waals surface area contributed by atoms with E-state index in [0.717, 1.165) is 12.1 Å². The normalized spacial score (nSPS) is 10.7. The Morgan fingerprint density at radius 2 is 2.16 bits per heavy atom. The largest absolute Gasteiger partial charge is 0.476 e. The number of amides is 1. The highest BCUT2D eigenvalue weighted by Crippen LogP contribution is 2.30. The monoisotopic (exact) mass is 364 g/mol. The van der Waals surface area contributed by atoms with E-state index >= 15 is 0 Å². The quantitative estimate of drug-likeness (QED) is 0.512. The lowest BCUT2D eigenvalue weighted by Gasteiger charge is -2.07. The van der Waals surface area contributed by atoms with E-state index in [2.05, 4.69) is 27.2 Å². The maximum absolute atomic E-state index is 11.8. The molecular formula is C16H24N6O2S. The maximum atomic E-state index is 11.8. The summed E-state index contributed by atoms with van der Waals surface area (Å²) < 4.78 is 9.41. The molecule has 0 saturated carbocycles. The van der Waals surface area contributed by atoms with E-state index in [-0.39, 0.29) is 11.7 Å². The van der Waals surface area contributed by atoms with Gasteiger partial charge in [0, 0.05) is 25.8 Å². The summed E-state index contributed by atoms with van der Waals surface area (Å²) in [6.07, 6.45) is 3.56. The van der Waals surface area contributed by atoms with Gasteiger partial charge in [-0.3, -0.25) is 9.48 Å². The Morgan fingerprint density at radius 1 is 1.36 bits per heavy atom. The Morgan fingerprint density at radius 3 is 2.80 bits per heavy atom. The molecule has 0 aliphatic rings. The van der Waals surface area contributed by atoms with Gasteiger partial charge >= 0.3 is 0 Å².